The van der Waals surface area contributed by atoms with Crippen LogP contribution in [0.2, 0.25) is 0 Å². The van der Waals surface area contributed by atoms with Gasteiger partial charge in [0.05, 0.1) is 24.7 Å². The summed E-state index contributed by atoms with van der Waals surface area (Å²) in [6.07, 6.45) is 4.39. The molecule has 0 radical (unpaired) electrons. The van der Waals surface area contributed by atoms with Crippen LogP contribution in [0.5, 0.6) is 0 Å². The lowest BCUT2D eigenvalue weighted by atomic mass is 9.88. The minimum absolute atomic E-state index is 0.238. The Balaban J connectivity index is 2.92. The monoisotopic (exact) mass is 224 g/mol. The van der Waals surface area contributed by atoms with Crippen molar-refractivity contribution in [1.82, 2.24) is 4.90 Å². The van der Waals surface area contributed by atoms with Gasteiger partial charge < -0.3 is 9.64 Å². The average molecular weight is 224 g/mol. The Bertz CT molecular complexity index is 319. The highest BCUT2D eigenvalue weighted by molar-refractivity contribution is 5.89. The van der Waals surface area contributed by atoms with E-state index in [2.05, 4.69) is 11.9 Å². The van der Waals surface area contributed by atoms with Crippen LogP contribution in [0.15, 0.2) is 16.3 Å². The molecule has 1 aliphatic rings. The van der Waals surface area contributed by atoms with Gasteiger partial charge in [-0.1, -0.05) is 6.92 Å². The molecule has 16 heavy (non-hydrogen) atoms. The number of methoxy groups -OCH3 is 1. The molecule has 1 unspecified atom stereocenters. The number of hydrogen-bond acceptors (Lipinski definition) is 3. The number of carbonyl (C=O) groups is 1. The van der Waals surface area contributed by atoms with Crippen molar-refractivity contribution in [3.05, 3.63) is 11.3 Å². The first-order valence-electron chi connectivity index (χ1n) is 5.55. The van der Waals surface area contributed by atoms with Gasteiger partial charge in [-0.05, 0) is 25.2 Å². The number of nitrogens with zero attached hydrogens (tertiary/aromatic N) is 2. The van der Waals surface area contributed by atoms with Crippen molar-refractivity contribution in [1.29, 1.82) is 0 Å². The Morgan fingerprint density at radius 2 is 2.25 bits per heavy atom. The molecule has 0 aromatic carbocycles. The zero-order valence-corrected chi connectivity index (χ0v) is 10.5. The van der Waals surface area contributed by atoms with Crippen molar-refractivity contribution in [3.63, 3.8) is 0 Å². The Labute approximate surface area is 97.0 Å². The van der Waals surface area contributed by atoms with E-state index in [1.165, 1.54) is 7.11 Å². The van der Waals surface area contributed by atoms with E-state index in [0.29, 0.717) is 5.92 Å². The summed E-state index contributed by atoms with van der Waals surface area (Å²) in [5, 5.41) is 0. The predicted octanol–water partition coefficient (Wildman–Crippen LogP) is 1.82. The molecule has 0 aromatic heterocycles. The van der Waals surface area contributed by atoms with Gasteiger partial charge in [0.25, 0.3) is 0 Å². The number of allylic oxidation sites excluding steroid dienone is 1. The zero-order chi connectivity index (χ0) is 12.1. The fraction of sp³-hybridized carbons (Fsp3) is 0.667. The van der Waals surface area contributed by atoms with Crippen LogP contribution in [-0.4, -0.2) is 38.4 Å². The molecule has 0 saturated carbocycles. The molecule has 0 spiro atoms. The van der Waals surface area contributed by atoms with Crippen LogP contribution < -0.4 is 0 Å². The first kappa shape index (κ1) is 12.7. The SMILES string of the molecule is COC(=O)C1=C(N=CN(C)C)CC(C)CC1. The number of esters is 1. The quantitative estimate of drug-likeness (QED) is 0.417. The van der Waals surface area contributed by atoms with Crippen LogP contribution in [0.25, 0.3) is 0 Å². The summed E-state index contributed by atoms with van der Waals surface area (Å²) < 4.78 is 4.78. The molecular formula is C12H20N2O2. The Kier molecular flexibility index (Phi) is 4.52. The molecule has 0 amide bonds. The minimum atomic E-state index is -0.238. The van der Waals surface area contributed by atoms with Gasteiger partial charge in [-0.15, -0.1) is 0 Å². The third-order valence-corrected chi connectivity index (χ3v) is 2.65. The lowest BCUT2D eigenvalue weighted by Gasteiger charge is -2.21. The van der Waals surface area contributed by atoms with Gasteiger partial charge in [0.1, 0.15) is 0 Å². The van der Waals surface area contributed by atoms with Gasteiger partial charge in [0.15, 0.2) is 0 Å². The topological polar surface area (TPSA) is 41.9 Å². The summed E-state index contributed by atoms with van der Waals surface area (Å²) in [4.78, 5) is 17.8. The Morgan fingerprint density at radius 3 is 2.81 bits per heavy atom. The largest absolute Gasteiger partial charge is 0.466 e. The standard InChI is InChI=1S/C12H20N2O2/c1-9-5-6-10(12(15)16-4)11(7-9)13-8-14(2)3/h8-9H,5-7H2,1-4H3. The van der Waals surface area contributed by atoms with Gasteiger partial charge in [0, 0.05) is 14.1 Å². The molecule has 1 rings (SSSR count). The Hall–Kier alpha value is -1.32. The van der Waals surface area contributed by atoms with Gasteiger partial charge >= 0.3 is 5.97 Å². The third-order valence-electron chi connectivity index (χ3n) is 2.65. The average Bonchev–Trinajstić information content (AvgIpc) is 2.25. The van der Waals surface area contributed by atoms with Crippen molar-refractivity contribution >= 4 is 12.3 Å². The molecule has 0 N–H and O–H groups in total. The second-order valence-corrected chi connectivity index (χ2v) is 4.47. The minimum Gasteiger partial charge on any atom is -0.466 e. The van der Waals surface area contributed by atoms with Crippen LogP contribution in [-0.2, 0) is 9.53 Å². The number of hydrogen-bond donors (Lipinski definition) is 0. The number of aliphatic imine (C=N–C) groups is 1. The van der Waals surface area contributed by atoms with Gasteiger partial charge in [-0.25, -0.2) is 9.79 Å². The molecule has 1 atom stereocenters. The Morgan fingerprint density at radius 1 is 1.56 bits per heavy atom. The fourth-order valence-corrected chi connectivity index (χ4v) is 1.75. The highest BCUT2D eigenvalue weighted by Crippen LogP contribution is 2.30. The summed E-state index contributed by atoms with van der Waals surface area (Å²) in [5.41, 5.74) is 1.61. The van der Waals surface area contributed by atoms with Crippen LogP contribution in [0.4, 0.5) is 0 Å². The maximum absolute atomic E-state index is 11.6. The van der Waals surface area contributed by atoms with Gasteiger partial charge in [0.2, 0.25) is 0 Å². The normalized spacial score (nSPS) is 21.4. The van der Waals surface area contributed by atoms with E-state index >= 15 is 0 Å². The molecule has 90 valence electrons. The van der Waals surface area contributed by atoms with Crippen molar-refractivity contribution in [2.45, 2.75) is 26.2 Å². The van der Waals surface area contributed by atoms with E-state index < -0.39 is 0 Å². The maximum atomic E-state index is 11.6. The second kappa shape index (κ2) is 5.68. The molecule has 0 fully saturated rings. The van der Waals surface area contributed by atoms with Crippen LogP contribution in [0.1, 0.15) is 26.2 Å². The molecular weight excluding hydrogens is 204 g/mol. The number of ether oxygens (including phenoxy) is 1. The third kappa shape index (κ3) is 3.36. The molecule has 0 aromatic rings. The van der Waals surface area contributed by atoms with Crippen LogP contribution >= 0.6 is 0 Å². The van der Waals surface area contributed by atoms with Crippen LogP contribution in [0, 0.1) is 5.92 Å². The molecule has 4 heteroatoms. The molecule has 0 saturated heterocycles. The van der Waals surface area contributed by atoms with E-state index in [1.807, 2.05) is 19.0 Å². The number of rotatable bonds is 3. The van der Waals surface area contributed by atoms with Crippen molar-refractivity contribution < 1.29 is 9.53 Å². The summed E-state index contributed by atoms with van der Waals surface area (Å²) in [6, 6.07) is 0. The first-order valence-corrected chi connectivity index (χ1v) is 5.55. The summed E-state index contributed by atoms with van der Waals surface area (Å²) in [7, 11) is 5.24. The molecule has 0 bridgehead atoms. The highest BCUT2D eigenvalue weighted by Gasteiger charge is 2.22. The summed E-state index contributed by atoms with van der Waals surface area (Å²) >= 11 is 0. The fourth-order valence-electron chi connectivity index (χ4n) is 1.75. The lowest BCUT2D eigenvalue weighted by Crippen LogP contribution is -2.16. The van der Waals surface area contributed by atoms with E-state index in [1.54, 1.807) is 6.34 Å². The molecule has 0 heterocycles. The van der Waals surface area contributed by atoms with E-state index in [4.69, 9.17) is 4.74 Å². The van der Waals surface area contributed by atoms with Gasteiger partial charge in [-0.2, -0.15) is 0 Å². The first-order chi connectivity index (χ1) is 7.54. The summed E-state index contributed by atoms with van der Waals surface area (Å²) in [5.74, 6) is 0.348. The van der Waals surface area contributed by atoms with Crippen molar-refractivity contribution in [2.75, 3.05) is 21.2 Å². The molecule has 0 aliphatic heterocycles. The summed E-state index contributed by atoms with van der Waals surface area (Å²) in [6.45, 7) is 2.18. The maximum Gasteiger partial charge on any atom is 0.335 e. The smallest absolute Gasteiger partial charge is 0.335 e. The second-order valence-electron chi connectivity index (χ2n) is 4.47. The van der Waals surface area contributed by atoms with E-state index in [9.17, 15) is 4.79 Å². The van der Waals surface area contributed by atoms with Crippen molar-refractivity contribution in [2.24, 2.45) is 10.9 Å². The number of carbonyl (C=O) groups excluding carboxylic acids is 1. The zero-order valence-electron chi connectivity index (χ0n) is 10.5. The molecule has 4 nitrogen and oxygen atoms in total. The van der Waals surface area contributed by atoms with E-state index in [-0.39, 0.29) is 5.97 Å². The molecule has 1 aliphatic carbocycles. The van der Waals surface area contributed by atoms with Gasteiger partial charge in [-0.3, -0.25) is 0 Å². The van der Waals surface area contributed by atoms with Crippen LogP contribution in [0.3, 0.4) is 0 Å². The lowest BCUT2D eigenvalue weighted by molar-refractivity contribution is -0.136. The van der Waals surface area contributed by atoms with Crippen molar-refractivity contribution in [3.8, 4) is 0 Å². The van der Waals surface area contributed by atoms with E-state index in [0.717, 1.165) is 30.5 Å². The predicted molar refractivity (Wildman–Crippen MR) is 64.2 cm³/mol. The highest BCUT2D eigenvalue weighted by atomic mass is 16.5.